The van der Waals surface area contributed by atoms with Crippen LogP contribution in [0.3, 0.4) is 0 Å². The average Bonchev–Trinajstić information content (AvgIpc) is 3.13. The van der Waals surface area contributed by atoms with Crippen LogP contribution in [-0.4, -0.2) is 0 Å². The van der Waals surface area contributed by atoms with Crippen molar-refractivity contribution in [2.45, 2.75) is 11.4 Å². The molecule has 2 nitrogen and oxygen atoms in total. The molecule has 1 saturated heterocycles. The molecule has 0 bridgehead atoms. The van der Waals surface area contributed by atoms with Gasteiger partial charge in [-0.05, 0) is 34.3 Å². The lowest BCUT2D eigenvalue weighted by molar-refractivity contribution is 0.219. The van der Waals surface area contributed by atoms with Gasteiger partial charge in [-0.3, -0.25) is 0 Å². The van der Waals surface area contributed by atoms with E-state index >= 15 is 0 Å². The van der Waals surface area contributed by atoms with E-state index in [0.717, 1.165) is 22.5 Å². The molecule has 0 saturated carbocycles. The van der Waals surface area contributed by atoms with Gasteiger partial charge in [0, 0.05) is 0 Å². The molecule has 0 N–H and O–H groups in total. The molecule has 1 heterocycles. The first-order chi connectivity index (χ1) is 14.3. The van der Waals surface area contributed by atoms with Crippen molar-refractivity contribution in [3.05, 3.63) is 101 Å². The van der Waals surface area contributed by atoms with Gasteiger partial charge in [0.2, 0.25) is 34.8 Å². The van der Waals surface area contributed by atoms with E-state index in [1.54, 1.807) is 24.3 Å². The van der Waals surface area contributed by atoms with Crippen molar-refractivity contribution < 1.29 is 31.0 Å². The Bertz CT molecular complexity index is 1050. The van der Waals surface area contributed by atoms with Gasteiger partial charge in [0.05, 0.1) is 5.25 Å². The Morgan fingerprint density at radius 3 is 1.73 bits per heavy atom. The smallest absolute Gasteiger partial charge is 0.299 e. The summed E-state index contributed by atoms with van der Waals surface area (Å²) in [5.74, 6) is -12.1. The molecule has 0 spiro atoms. The van der Waals surface area contributed by atoms with Crippen LogP contribution >= 0.6 is 17.1 Å². The zero-order chi connectivity index (χ0) is 21.5. The normalized spacial score (nSPS) is 23.5. The van der Waals surface area contributed by atoms with Gasteiger partial charge in [0.1, 0.15) is 6.10 Å². The molecule has 1 unspecified atom stereocenters. The molecule has 0 aromatic heterocycles. The van der Waals surface area contributed by atoms with Gasteiger partial charge in [0.15, 0.2) is 0 Å². The van der Waals surface area contributed by atoms with E-state index in [-0.39, 0.29) is 0 Å². The lowest BCUT2D eigenvalue weighted by Crippen LogP contribution is -2.06. The summed E-state index contributed by atoms with van der Waals surface area (Å²) in [5, 5.41) is -0.402. The molecule has 4 rings (SSSR count). The second-order valence-electron chi connectivity index (χ2n) is 6.31. The number of rotatable bonds is 4. The molecular weight excluding hydrogens is 462 g/mol. The van der Waals surface area contributed by atoms with Gasteiger partial charge in [-0.15, -0.1) is 0 Å². The molecule has 3 aromatic rings. The predicted octanol–water partition coefficient (Wildman–Crippen LogP) is 7.23. The molecule has 0 radical (unpaired) electrons. The van der Waals surface area contributed by atoms with Crippen molar-refractivity contribution in [2.24, 2.45) is 0 Å². The summed E-state index contributed by atoms with van der Waals surface area (Å²) in [5.41, 5.74) is -1.96. The van der Waals surface area contributed by atoms with E-state index in [1.165, 1.54) is 0 Å². The Labute approximate surface area is 177 Å². The third kappa shape index (κ3) is 3.87. The molecule has 3 aromatic carbocycles. The summed E-state index contributed by atoms with van der Waals surface area (Å²) in [7, 11) is 0. The third-order valence-corrected chi connectivity index (χ3v) is 9.48. The Morgan fingerprint density at radius 1 is 0.733 bits per heavy atom. The molecule has 1 aliphatic rings. The summed E-state index contributed by atoms with van der Waals surface area (Å²) >= 11 is 6.41. The first-order valence-electron chi connectivity index (χ1n) is 8.58. The van der Waals surface area contributed by atoms with E-state index in [9.17, 15) is 22.0 Å². The molecular formula is C20H12F5O2PS2. The second-order valence-corrected chi connectivity index (χ2v) is 12.5. The molecule has 10 heteroatoms. The topological polar surface area (TPSA) is 18.5 Å². The van der Waals surface area contributed by atoms with E-state index in [2.05, 4.69) is 0 Å². The summed E-state index contributed by atoms with van der Waals surface area (Å²) in [6.45, 7) is 0. The molecule has 156 valence electrons. The van der Waals surface area contributed by atoms with Crippen molar-refractivity contribution in [1.29, 1.82) is 0 Å². The molecule has 1 fully saturated rings. The standard InChI is InChI=1S/C20H12F5O2PS2/c21-13-14(22)16(24)19(17(25)15(13)23)27-28(29)26-18(11-7-3-1-4-8-11)20(30-28)12-9-5-2-6-10-12/h1-10,18,20H/t18-,20+,28?/m1/s1. The maximum atomic E-state index is 14.1. The Kier molecular flexibility index (Phi) is 5.90. The zero-order valence-electron chi connectivity index (χ0n) is 14.9. The van der Waals surface area contributed by atoms with Crippen LogP contribution in [0.1, 0.15) is 22.5 Å². The number of halogens is 5. The first kappa shape index (κ1) is 21.3. The first-order valence-corrected chi connectivity index (χ1v) is 12.7. The number of hydrogen-bond acceptors (Lipinski definition) is 4. The number of benzene rings is 3. The Balaban J connectivity index is 1.74. The minimum absolute atomic E-state index is 0.402. The van der Waals surface area contributed by atoms with E-state index in [1.807, 2.05) is 36.4 Å². The molecule has 3 atom stereocenters. The summed E-state index contributed by atoms with van der Waals surface area (Å²) in [4.78, 5) is 0. The van der Waals surface area contributed by atoms with Crippen LogP contribution < -0.4 is 4.52 Å². The number of hydrogen-bond donors (Lipinski definition) is 0. The van der Waals surface area contributed by atoms with Gasteiger partial charge in [0.25, 0.3) is 5.69 Å². The fourth-order valence-corrected chi connectivity index (χ4v) is 8.64. The highest BCUT2D eigenvalue weighted by atomic mass is 32.9. The van der Waals surface area contributed by atoms with Crippen molar-refractivity contribution >= 4 is 28.9 Å². The maximum Gasteiger partial charge on any atom is 0.299 e. The van der Waals surface area contributed by atoms with Gasteiger partial charge >= 0.3 is 0 Å². The fourth-order valence-electron chi connectivity index (χ4n) is 2.99. The monoisotopic (exact) mass is 474 g/mol. The van der Waals surface area contributed by atoms with Gasteiger partial charge < -0.3 is 9.05 Å². The summed E-state index contributed by atoms with van der Waals surface area (Å²) in [6, 6.07) is 18.1. The highest BCUT2D eigenvalue weighted by Gasteiger charge is 2.46. The van der Waals surface area contributed by atoms with Crippen LogP contribution in [0.2, 0.25) is 0 Å². The van der Waals surface area contributed by atoms with E-state index in [4.69, 9.17) is 20.9 Å². The minimum atomic E-state index is -3.53. The SMILES string of the molecule is Fc1c(F)c(F)c(OP2(=S)O[C@H](c3ccccc3)[C@H](c3ccccc3)S2)c(F)c1F. The maximum absolute atomic E-state index is 14.1. The minimum Gasteiger partial charge on any atom is -0.430 e. The fraction of sp³-hybridized carbons (Fsp3) is 0.100. The van der Waals surface area contributed by atoms with Crippen LogP contribution in [0.15, 0.2) is 60.7 Å². The van der Waals surface area contributed by atoms with Gasteiger partial charge in [-0.1, -0.05) is 60.7 Å². The predicted molar refractivity (Wildman–Crippen MR) is 108 cm³/mol. The van der Waals surface area contributed by atoms with Crippen LogP contribution in [-0.2, 0) is 16.3 Å². The zero-order valence-corrected chi connectivity index (χ0v) is 17.4. The quantitative estimate of drug-likeness (QED) is 0.172. The lowest BCUT2D eigenvalue weighted by atomic mass is 10.0. The summed E-state index contributed by atoms with van der Waals surface area (Å²) in [6.07, 6.45) is -0.634. The lowest BCUT2D eigenvalue weighted by Gasteiger charge is -2.19. The van der Waals surface area contributed by atoms with Crippen LogP contribution in [0.5, 0.6) is 5.75 Å². The third-order valence-electron chi connectivity index (χ3n) is 4.39. The van der Waals surface area contributed by atoms with Crippen LogP contribution in [0.4, 0.5) is 22.0 Å². The Hall–Kier alpha value is -1.93. The molecule has 0 aliphatic carbocycles. The molecule has 30 heavy (non-hydrogen) atoms. The van der Waals surface area contributed by atoms with E-state index in [0.29, 0.717) is 0 Å². The second kappa shape index (κ2) is 8.30. The van der Waals surface area contributed by atoms with E-state index < -0.39 is 51.9 Å². The van der Waals surface area contributed by atoms with Crippen molar-refractivity contribution in [1.82, 2.24) is 0 Å². The Morgan fingerprint density at radius 2 is 1.20 bits per heavy atom. The van der Waals surface area contributed by atoms with Crippen LogP contribution in [0.25, 0.3) is 0 Å². The molecule has 1 aliphatic heterocycles. The van der Waals surface area contributed by atoms with Crippen LogP contribution in [0, 0.1) is 29.1 Å². The van der Waals surface area contributed by atoms with Gasteiger partial charge in [-0.2, -0.15) is 8.78 Å². The summed E-state index contributed by atoms with van der Waals surface area (Å²) < 4.78 is 79.9. The van der Waals surface area contributed by atoms with Crippen molar-refractivity contribution in [2.75, 3.05) is 0 Å². The highest BCUT2D eigenvalue weighted by Crippen LogP contribution is 2.76. The van der Waals surface area contributed by atoms with Gasteiger partial charge in [-0.25, -0.2) is 13.2 Å². The van der Waals surface area contributed by atoms with Crippen molar-refractivity contribution in [3.63, 3.8) is 0 Å². The largest absolute Gasteiger partial charge is 0.430 e. The highest BCUT2D eigenvalue weighted by molar-refractivity contribution is 8.68. The average molecular weight is 474 g/mol. The molecule has 0 amide bonds. The van der Waals surface area contributed by atoms with Crippen molar-refractivity contribution in [3.8, 4) is 5.75 Å².